The molecule has 1 aromatic rings. The SMILES string of the molecule is c1cc2cc(c1)NCCNCCCNCCN2. The van der Waals surface area contributed by atoms with Gasteiger partial charge in [0.05, 0.1) is 0 Å². The molecule has 0 unspecified atom stereocenters. The van der Waals surface area contributed by atoms with Crippen molar-refractivity contribution >= 4 is 11.4 Å². The van der Waals surface area contributed by atoms with E-state index in [1.54, 1.807) is 0 Å². The quantitative estimate of drug-likeness (QED) is 0.543. The molecule has 0 saturated carbocycles. The molecular weight excluding hydrogens is 212 g/mol. The lowest BCUT2D eigenvalue weighted by molar-refractivity contribution is 0.608. The molecule has 4 nitrogen and oxygen atoms in total. The van der Waals surface area contributed by atoms with Crippen LogP contribution in [-0.4, -0.2) is 39.3 Å². The van der Waals surface area contributed by atoms with E-state index in [-0.39, 0.29) is 0 Å². The fraction of sp³-hybridized carbons (Fsp3) is 0.538. The van der Waals surface area contributed by atoms with Crippen LogP contribution in [0.4, 0.5) is 11.4 Å². The van der Waals surface area contributed by atoms with Crippen LogP contribution in [0.15, 0.2) is 24.3 Å². The highest BCUT2D eigenvalue weighted by molar-refractivity contribution is 5.56. The largest absolute Gasteiger partial charge is 0.384 e. The third kappa shape index (κ3) is 4.63. The zero-order chi connectivity index (χ0) is 11.8. The first kappa shape index (κ1) is 12.2. The van der Waals surface area contributed by atoms with Gasteiger partial charge in [-0.15, -0.1) is 0 Å². The van der Waals surface area contributed by atoms with Crippen molar-refractivity contribution in [3.8, 4) is 0 Å². The van der Waals surface area contributed by atoms with E-state index in [9.17, 15) is 0 Å². The summed E-state index contributed by atoms with van der Waals surface area (Å²) in [5, 5.41) is 13.7. The molecule has 0 atom stereocenters. The number of benzene rings is 1. The normalized spacial score (nSPS) is 18.6. The average molecular weight is 234 g/mol. The van der Waals surface area contributed by atoms with E-state index in [1.165, 1.54) is 17.8 Å². The summed E-state index contributed by atoms with van der Waals surface area (Å²) in [5.41, 5.74) is 2.36. The first-order valence-electron chi connectivity index (χ1n) is 6.44. The first-order chi connectivity index (χ1) is 8.45. The van der Waals surface area contributed by atoms with Crippen LogP contribution in [0, 0.1) is 0 Å². The smallest absolute Gasteiger partial charge is 0.0361 e. The van der Waals surface area contributed by atoms with Crippen LogP contribution in [0.1, 0.15) is 6.42 Å². The minimum absolute atomic E-state index is 0.969. The molecule has 4 N–H and O–H groups in total. The molecule has 0 spiro atoms. The maximum absolute atomic E-state index is 3.43. The van der Waals surface area contributed by atoms with Crippen molar-refractivity contribution in [3.05, 3.63) is 24.3 Å². The summed E-state index contributed by atoms with van der Waals surface area (Å²) in [6.45, 7) is 6.13. The third-order valence-electron chi connectivity index (χ3n) is 2.83. The summed E-state index contributed by atoms with van der Waals surface area (Å²) >= 11 is 0. The molecule has 0 aliphatic carbocycles. The summed E-state index contributed by atoms with van der Waals surface area (Å²) in [6, 6.07) is 8.45. The Kier molecular flexibility index (Phi) is 5.13. The predicted octanol–water partition coefficient (Wildman–Crippen LogP) is 1.09. The van der Waals surface area contributed by atoms with Gasteiger partial charge < -0.3 is 21.3 Å². The van der Waals surface area contributed by atoms with Crippen LogP contribution in [-0.2, 0) is 0 Å². The van der Waals surface area contributed by atoms with Gasteiger partial charge in [-0.25, -0.2) is 0 Å². The highest BCUT2D eigenvalue weighted by atomic mass is 15.0. The molecule has 17 heavy (non-hydrogen) atoms. The fourth-order valence-electron chi connectivity index (χ4n) is 1.92. The number of hydrogen-bond donors (Lipinski definition) is 4. The van der Waals surface area contributed by atoms with E-state index in [2.05, 4.69) is 45.5 Å². The Hall–Kier alpha value is -1.26. The lowest BCUT2D eigenvalue weighted by Crippen LogP contribution is -2.28. The van der Waals surface area contributed by atoms with Gasteiger partial charge in [0.1, 0.15) is 0 Å². The Morgan fingerprint density at radius 1 is 0.706 bits per heavy atom. The topological polar surface area (TPSA) is 48.1 Å². The zero-order valence-corrected chi connectivity index (χ0v) is 10.3. The molecule has 94 valence electrons. The summed E-state index contributed by atoms with van der Waals surface area (Å²) in [5.74, 6) is 0. The van der Waals surface area contributed by atoms with Crippen LogP contribution >= 0.6 is 0 Å². The van der Waals surface area contributed by atoms with Gasteiger partial charge in [0.2, 0.25) is 0 Å². The van der Waals surface area contributed by atoms with Gasteiger partial charge in [0.25, 0.3) is 0 Å². The highest BCUT2D eigenvalue weighted by Gasteiger charge is 1.96. The molecule has 4 heteroatoms. The van der Waals surface area contributed by atoms with Crippen molar-refractivity contribution < 1.29 is 0 Å². The second-order valence-electron chi connectivity index (χ2n) is 4.29. The van der Waals surface area contributed by atoms with Gasteiger partial charge in [-0.2, -0.15) is 0 Å². The van der Waals surface area contributed by atoms with E-state index in [4.69, 9.17) is 0 Å². The monoisotopic (exact) mass is 234 g/mol. The third-order valence-corrected chi connectivity index (χ3v) is 2.83. The molecule has 0 aromatic heterocycles. The summed E-state index contributed by atoms with van der Waals surface area (Å²) in [7, 11) is 0. The maximum Gasteiger partial charge on any atom is 0.0361 e. The number of anilines is 2. The lowest BCUT2D eigenvalue weighted by atomic mass is 10.2. The Labute approximate surface area is 103 Å². The van der Waals surface area contributed by atoms with Crippen LogP contribution in [0.5, 0.6) is 0 Å². The minimum atomic E-state index is 0.969. The summed E-state index contributed by atoms with van der Waals surface area (Å²) in [6.07, 6.45) is 1.19. The zero-order valence-electron chi connectivity index (χ0n) is 10.3. The predicted molar refractivity (Wildman–Crippen MR) is 73.8 cm³/mol. The second kappa shape index (κ2) is 7.14. The van der Waals surface area contributed by atoms with Crippen molar-refractivity contribution in [1.82, 2.24) is 10.6 Å². The molecule has 1 heterocycles. The highest BCUT2D eigenvalue weighted by Crippen LogP contribution is 2.14. The Balaban J connectivity index is 1.91. The minimum Gasteiger partial charge on any atom is -0.384 e. The lowest BCUT2D eigenvalue weighted by Gasteiger charge is -2.13. The van der Waals surface area contributed by atoms with E-state index < -0.39 is 0 Å². The number of nitrogens with one attached hydrogen (secondary N) is 4. The van der Waals surface area contributed by atoms with Gasteiger partial charge in [0.15, 0.2) is 0 Å². The van der Waals surface area contributed by atoms with Crippen molar-refractivity contribution in [2.75, 3.05) is 49.9 Å². The standard InChI is InChI=1S/C13H22N4/c1-3-12-11-13(4-1)17-10-8-15-6-2-5-14-7-9-16-12/h1,3-4,11,14-17H,2,5-10H2. The second-order valence-corrected chi connectivity index (χ2v) is 4.29. The molecular formula is C13H22N4. The summed E-state index contributed by atoms with van der Waals surface area (Å²) in [4.78, 5) is 0. The Morgan fingerprint density at radius 3 is 1.88 bits per heavy atom. The molecule has 0 saturated heterocycles. The van der Waals surface area contributed by atoms with Crippen molar-refractivity contribution in [2.24, 2.45) is 0 Å². The molecule has 0 fully saturated rings. The van der Waals surface area contributed by atoms with Crippen molar-refractivity contribution in [1.29, 1.82) is 0 Å². The van der Waals surface area contributed by atoms with E-state index in [1.807, 2.05) is 0 Å². The molecule has 1 aliphatic heterocycles. The average Bonchev–Trinajstić information content (AvgIpc) is 2.36. The fourth-order valence-corrected chi connectivity index (χ4v) is 1.92. The van der Waals surface area contributed by atoms with Crippen LogP contribution in [0.3, 0.4) is 0 Å². The van der Waals surface area contributed by atoms with E-state index in [0.717, 1.165) is 39.3 Å². The molecule has 2 bridgehead atoms. The van der Waals surface area contributed by atoms with Gasteiger partial charge in [-0.1, -0.05) is 6.07 Å². The van der Waals surface area contributed by atoms with Gasteiger partial charge >= 0.3 is 0 Å². The van der Waals surface area contributed by atoms with Gasteiger partial charge in [0, 0.05) is 37.6 Å². The molecule has 0 amide bonds. The van der Waals surface area contributed by atoms with E-state index in [0.29, 0.717) is 0 Å². The number of rotatable bonds is 0. The Bertz CT molecular complexity index is 300. The van der Waals surface area contributed by atoms with Crippen molar-refractivity contribution in [2.45, 2.75) is 6.42 Å². The van der Waals surface area contributed by atoms with E-state index >= 15 is 0 Å². The first-order valence-corrected chi connectivity index (χ1v) is 6.44. The van der Waals surface area contributed by atoms with Gasteiger partial charge in [-0.05, 0) is 37.7 Å². The maximum atomic E-state index is 3.43. The van der Waals surface area contributed by atoms with Crippen LogP contribution < -0.4 is 21.3 Å². The van der Waals surface area contributed by atoms with Gasteiger partial charge in [-0.3, -0.25) is 0 Å². The molecule has 1 aliphatic rings. The molecule has 1 aromatic carbocycles. The molecule has 0 radical (unpaired) electrons. The molecule has 2 rings (SSSR count). The number of hydrogen-bond acceptors (Lipinski definition) is 4. The summed E-state index contributed by atoms with van der Waals surface area (Å²) < 4.78 is 0. The van der Waals surface area contributed by atoms with Crippen molar-refractivity contribution in [3.63, 3.8) is 0 Å². The Morgan fingerprint density at radius 2 is 1.29 bits per heavy atom. The van der Waals surface area contributed by atoms with Crippen LogP contribution in [0.2, 0.25) is 0 Å². The van der Waals surface area contributed by atoms with Crippen LogP contribution in [0.25, 0.3) is 0 Å². The number of fused-ring (bicyclic) bond motifs is 2.